The van der Waals surface area contributed by atoms with E-state index in [4.69, 9.17) is 27.9 Å². The highest BCUT2D eigenvalue weighted by molar-refractivity contribution is 6.34. The van der Waals surface area contributed by atoms with Crippen LogP contribution < -0.4 is 10.2 Å². The minimum Gasteiger partial charge on any atom is -0.452 e. The van der Waals surface area contributed by atoms with Gasteiger partial charge in [-0.25, -0.2) is 4.79 Å². The molecule has 2 aromatic carbocycles. The minimum absolute atomic E-state index is 0.0386. The summed E-state index contributed by atoms with van der Waals surface area (Å²) in [6.07, 6.45) is 1.20. The highest BCUT2D eigenvalue weighted by Crippen LogP contribution is 2.30. The number of carbonyl (C=O) groups excluding carboxylic acids is 3. The highest BCUT2D eigenvalue weighted by Gasteiger charge is 2.24. The Hall–Kier alpha value is -2.57. The second-order valence-corrected chi connectivity index (χ2v) is 6.79. The van der Waals surface area contributed by atoms with Crippen LogP contribution in [0.15, 0.2) is 42.5 Å². The van der Waals surface area contributed by atoms with Gasteiger partial charge < -0.3 is 15.0 Å². The van der Waals surface area contributed by atoms with E-state index in [0.717, 1.165) is 6.42 Å². The second-order valence-electron chi connectivity index (χ2n) is 5.95. The van der Waals surface area contributed by atoms with Crippen molar-refractivity contribution in [2.75, 3.05) is 23.4 Å². The molecule has 2 amide bonds. The Morgan fingerprint density at radius 2 is 1.96 bits per heavy atom. The summed E-state index contributed by atoms with van der Waals surface area (Å²) in [5, 5.41) is 3.44. The van der Waals surface area contributed by atoms with E-state index in [1.807, 2.05) is 0 Å². The Morgan fingerprint density at radius 3 is 2.67 bits per heavy atom. The number of amides is 2. The van der Waals surface area contributed by atoms with Gasteiger partial charge in [-0.05, 0) is 42.8 Å². The average Bonchev–Trinajstić information content (AvgIpc) is 3.06. The molecule has 0 saturated carbocycles. The van der Waals surface area contributed by atoms with Gasteiger partial charge in [0.1, 0.15) is 0 Å². The van der Waals surface area contributed by atoms with E-state index in [0.29, 0.717) is 34.4 Å². The van der Waals surface area contributed by atoms with Gasteiger partial charge in [-0.3, -0.25) is 9.59 Å². The van der Waals surface area contributed by atoms with Crippen LogP contribution in [0.25, 0.3) is 0 Å². The average molecular weight is 407 g/mol. The van der Waals surface area contributed by atoms with Crippen molar-refractivity contribution in [3.8, 4) is 0 Å². The summed E-state index contributed by atoms with van der Waals surface area (Å²) in [6, 6.07) is 11.2. The number of halogens is 2. The number of nitrogens with one attached hydrogen (secondary N) is 1. The van der Waals surface area contributed by atoms with Gasteiger partial charge in [0.05, 0.1) is 16.3 Å². The van der Waals surface area contributed by atoms with Crippen LogP contribution in [0.5, 0.6) is 0 Å². The lowest BCUT2D eigenvalue weighted by molar-refractivity contribution is -0.119. The molecule has 0 bridgehead atoms. The predicted octanol–water partition coefficient (Wildman–Crippen LogP) is 3.92. The molecular formula is C19H16Cl2N2O4. The molecule has 1 aliphatic rings. The SMILES string of the molecule is O=C(COC(=O)c1ccc(Cl)c(N2CCCC2=O)c1)Nc1cccc(Cl)c1. The maximum atomic E-state index is 12.2. The van der Waals surface area contributed by atoms with E-state index < -0.39 is 18.5 Å². The van der Waals surface area contributed by atoms with Gasteiger partial charge in [0.2, 0.25) is 5.91 Å². The fraction of sp³-hybridized carbons (Fsp3) is 0.211. The Kier molecular flexibility index (Phi) is 5.98. The summed E-state index contributed by atoms with van der Waals surface area (Å²) in [4.78, 5) is 37.6. The van der Waals surface area contributed by atoms with E-state index in [9.17, 15) is 14.4 Å². The van der Waals surface area contributed by atoms with Crippen molar-refractivity contribution >= 4 is 52.4 Å². The van der Waals surface area contributed by atoms with Crippen molar-refractivity contribution in [3.05, 3.63) is 58.1 Å². The van der Waals surface area contributed by atoms with Crippen LogP contribution in [-0.4, -0.2) is 30.9 Å². The number of nitrogens with zero attached hydrogens (tertiary/aromatic N) is 1. The molecule has 1 saturated heterocycles. The first kappa shape index (κ1) is 19.2. The second kappa shape index (κ2) is 8.41. The van der Waals surface area contributed by atoms with Gasteiger partial charge in [-0.15, -0.1) is 0 Å². The number of ether oxygens (including phenoxy) is 1. The summed E-state index contributed by atoms with van der Waals surface area (Å²) >= 11 is 12.0. The van der Waals surface area contributed by atoms with Crippen molar-refractivity contribution in [1.29, 1.82) is 0 Å². The number of esters is 1. The monoisotopic (exact) mass is 406 g/mol. The third kappa shape index (κ3) is 4.78. The molecule has 0 radical (unpaired) electrons. The van der Waals surface area contributed by atoms with Crippen molar-refractivity contribution in [2.45, 2.75) is 12.8 Å². The first-order chi connectivity index (χ1) is 12.9. The summed E-state index contributed by atoms with van der Waals surface area (Å²) < 4.78 is 5.05. The fourth-order valence-electron chi connectivity index (χ4n) is 2.73. The van der Waals surface area contributed by atoms with Gasteiger partial charge in [-0.2, -0.15) is 0 Å². The zero-order valence-electron chi connectivity index (χ0n) is 14.2. The maximum Gasteiger partial charge on any atom is 0.338 e. The molecule has 0 atom stereocenters. The smallest absolute Gasteiger partial charge is 0.338 e. The first-order valence-electron chi connectivity index (χ1n) is 8.26. The quantitative estimate of drug-likeness (QED) is 0.763. The van der Waals surface area contributed by atoms with Gasteiger partial charge in [-0.1, -0.05) is 29.3 Å². The Bertz CT molecular complexity index is 901. The zero-order chi connectivity index (χ0) is 19.4. The van der Waals surface area contributed by atoms with Crippen LogP contribution in [0.2, 0.25) is 10.0 Å². The van der Waals surface area contributed by atoms with Crippen molar-refractivity contribution < 1.29 is 19.1 Å². The molecule has 6 nitrogen and oxygen atoms in total. The molecule has 8 heteroatoms. The van der Waals surface area contributed by atoms with Gasteiger partial charge >= 0.3 is 5.97 Å². The molecule has 140 valence electrons. The van der Waals surface area contributed by atoms with E-state index in [-0.39, 0.29) is 11.5 Å². The molecule has 2 aromatic rings. The van der Waals surface area contributed by atoms with Crippen molar-refractivity contribution in [3.63, 3.8) is 0 Å². The molecular weight excluding hydrogens is 391 g/mol. The number of anilines is 2. The van der Waals surface area contributed by atoms with Crippen molar-refractivity contribution in [2.24, 2.45) is 0 Å². The lowest BCUT2D eigenvalue weighted by atomic mass is 10.2. The maximum absolute atomic E-state index is 12.2. The molecule has 1 heterocycles. The summed E-state index contributed by atoms with van der Waals surface area (Å²) in [5.74, 6) is -1.21. The molecule has 1 aliphatic heterocycles. The van der Waals surface area contributed by atoms with Crippen LogP contribution >= 0.6 is 23.2 Å². The molecule has 27 heavy (non-hydrogen) atoms. The van der Waals surface area contributed by atoms with Gasteiger partial charge in [0, 0.05) is 23.7 Å². The van der Waals surface area contributed by atoms with Crippen LogP contribution in [0, 0.1) is 0 Å². The zero-order valence-corrected chi connectivity index (χ0v) is 15.7. The number of benzene rings is 2. The standard InChI is InChI=1S/C19H16Cl2N2O4/c20-13-3-1-4-14(10-13)22-17(24)11-27-19(26)12-6-7-15(21)16(9-12)23-8-2-5-18(23)25/h1,3-4,6-7,9-10H,2,5,8,11H2,(H,22,24). The summed E-state index contributed by atoms with van der Waals surface area (Å²) in [7, 11) is 0. The fourth-order valence-corrected chi connectivity index (χ4v) is 3.14. The Morgan fingerprint density at radius 1 is 1.15 bits per heavy atom. The lowest BCUT2D eigenvalue weighted by Crippen LogP contribution is -2.24. The molecule has 0 unspecified atom stereocenters. The predicted molar refractivity (Wildman–Crippen MR) is 103 cm³/mol. The third-order valence-electron chi connectivity index (χ3n) is 3.99. The number of hydrogen-bond donors (Lipinski definition) is 1. The Labute approximate surface area is 166 Å². The summed E-state index contributed by atoms with van der Waals surface area (Å²) in [5.41, 5.74) is 1.19. The van der Waals surface area contributed by atoms with E-state index in [1.54, 1.807) is 29.2 Å². The highest BCUT2D eigenvalue weighted by atomic mass is 35.5. The number of hydrogen-bond acceptors (Lipinski definition) is 4. The van der Waals surface area contributed by atoms with Gasteiger partial charge in [0.25, 0.3) is 5.91 Å². The normalized spacial score (nSPS) is 13.6. The number of rotatable bonds is 5. The molecule has 1 fully saturated rings. The Balaban J connectivity index is 1.62. The topological polar surface area (TPSA) is 75.7 Å². The largest absolute Gasteiger partial charge is 0.452 e. The van der Waals surface area contributed by atoms with E-state index in [1.165, 1.54) is 18.2 Å². The molecule has 0 aromatic heterocycles. The van der Waals surface area contributed by atoms with Crippen LogP contribution in [0.1, 0.15) is 23.2 Å². The lowest BCUT2D eigenvalue weighted by Gasteiger charge is -2.18. The number of carbonyl (C=O) groups is 3. The van der Waals surface area contributed by atoms with Crippen LogP contribution in [0.4, 0.5) is 11.4 Å². The third-order valence-corrected chi connectivity index (χ3v) is 4.54. The molecule has 0 spiro atoms. The molecule has 1 N–H and O–H groups in total. The van der Waals surface area contributed by atoms with Crippen molar-refractivity contribution in [1.82, 2.24) is 0 Å². The van der Waals surface area contributed by atoms with Gasteiger partial charge in [0.15, 0.2) is 6.61 Å². The molecule has 3 rings (SSSR count). The minimum atomic E-state index is -0.680. The summed E-state index contributed by atoms with van der Waals surface area (Å²) in [6.45, 7) is 0.102. The first-order valence-corrected chi connectivity index (χ1v) is 9.02. The van der Waals surface area contributed by atoms with Crippen LogP contribution in [-0.2, 0) is 14.3 Å². The van der Waals surface area contributed by atoms with E-state index >= 15 is 0 Å². The molecule has 0 aliphatic carbocycles. The van der Waals surface area contributed by atoms with E-state index in [2.05, 4.69) is 5.32 Å². The van der Waals surface area contributed by atoms with Crippen LogP contribution in [0.3, 0.4) is 0 Å².